The number of alkyl halides is 2. The number of aromatic nitrogens is 2. The zero-order chi connectivity index (χ0) is 18.6. The number of aryl methyl sites for hydroxylation is 1. The number of carbonyl (C=O) groups is 1. The van der Waals surface area contributed by atoms with Crippen molar-refractivity contribution in [1.29, 1.82) is 0 Å². The van der Waals surface area contributed by atoms with Crippen LogP contribution in [0, 0.1) is 19.4 Å². The van der Waals surface area contributed by atoms with Crippen LogP contribution < -0.4 is 5.32 Å². The average Bonchev–Trinajstić information content (AvgIpc) is 2.80. The van der Waals surface area contributed by atoms with E-state index in [2.05, 4.69) is 15.1 Å². The molecule has 1 aliphatic carbocycles. The quantitative estimate of drug-likeness (QED) is 0.740. The fourth-order valence-corrected chi connectivity index (χ4v) is 3.16. The van der Waals surface area contributed by atoms with Crippen molar-refractivity contribution in [3.8, 4) is 0 Å². The van der Waals surface area contributed by atoms with E-state index in [1.807, 2.05) is 32.3 Å². The van der Waals surface area contributed by atoms with Crippen LogP contribution in [0.4, 0.5) is 20.4 Å². The molecule has 1 heterocycles. The highest BCUT2D eigenvalue weighted by Crippen LogP contribution is 2.43. The third-order valence-electron chi connectivity index (χ3n) is 4.46. The van der Waals surface area contributed by atoms with Gasteiger partial charge in [-0.25, -0.2) is 18.6 Å². The van der Waals surface area contributed by atoms with Gasteiger partial charge in [-0.2, -0.15) is 0 Å². The molecule has 140 valence electrons. The number of rotatable bonds is 2. The molecule has 0 atom stereocenters. The fourth-order valence-electron chi connectivity index (χ4n) is 3.16. The van der Waals surface area contributed by atoms with Crippen LogP contribution in [0.15, 0.2) is 12.1 Å². The molecule has 7 heteroatoms. The van der Waals surface area contributed by atoms with Gasteiger partial charge in [0.15, 0.2) is 5.69 Å². The summed E-state index contributed by atoms with van der Waals surface area (Å²) >= 11 is 0. The first-order valence-corrected chi connectivity index (χ1v) is 8.11. The van der Waals surface area contributed by atoms with Crippen molar-refractivity contribution in [3.63, 3.8) is 0 Å². The highest BCUT2D eigenvalue weighted by atomic mass is 19.3. The topological polar surface area (TPSA) is 51.3 Å². The summed E-state index contributed by atoms with van der Waals surface area (Å²) in [5.41, 5.74) is 2.31. The lowest BCUT2D eigenvalue weighted by Gasteiger charge is -2.34. The van der Waals surface area contributed by atoms with Crippen LogP contribution in [-0.4, -0.2) is 21.4 Å². The van der Waals surface area contributed by atoms with Crippen LogP contribution in [0.5, 0.6) is 0 Å². The summed E-state index contributed by atoms with van der Waals surface area (Å²) in [4.78, 5) is 20.3. The molecule has 26 heavy (non-hydrogen) atoms. The number of benzene rings is 1. The second kappa shape index (κ2) is 6.35. The molecule has 1 N–H and O–H groups in total. The number of imidazole rings is 1. The smallest absolute Gasteiger partial charge is 0.249 e. The normalized spacial score (nSPS) is 16.5. The molecule has 1 saturated carbocycles. The molecule has 0 spiro atoms. The zero-order valence-corrected chi connectivity index (χ0v) is 14.7. The zero-order valence-electron chi connectivity index (χ0n) is 14.7. The largest absolute Gasteiger partial charge is 0.306 e. The highest BCUT2D eigenvalue weighted by molar-refractivity contribution is 5.94. The average molecular weight is 362 g/mol. The molecule has 0 radical (unpaired) electrons. The van der Waals surface area contributed by atoms with Crippen molar-refractivity contribution < 1.29 is 13.6 Å². The van der Waals surface area contributed by atoms with Crippen molar-refractivity contribution in [3.05, 3.63) is 29.1 Å². The minimum Gasteiger partial charge on any atom is -0.306 e. The molecule has 0 saturated heterocycles. The second-order valence-electron chi connectivity index (χ2n) is 7.63. The Morgan fingerprint density at radius 2 is 2.00 bits per heavy atom. The van der Waals surface area contributed by atoms with Gasteiger partial charge in [0.2, 0.25) is 17.8 Å². The fraction of sp³-hybridized carbons (Fsp3) is 0.526. The van der Waals surface area contributed by atoms with Gasteiger partial charge >= 0.3 is 0 Å². The molecule has 5 nitrogen and oxygen atoms in total. The first-order valence-electron chi connectivity index (χ1n) is 8.11. The second-order valence-corrected chi connectivity index (χ2v) is 7.63. The molecule has 1 aromatic heterocycles. The predicted molar refractivity (Wildman–Crippen MR) is 98.8 cm³/mol. The third kappa shape index (κ3) is 3.41. The summed E-state index contributed by atoms with van der Waals surface area (Å²) in [5, 5.41) is 2.71. The van der Waals surface area contributed by atoms with Gasteiger partial charge in [0.05, 0.1) is 17.6 Å². The van der Waals surface area contributed by atoms with E-state index in [1.165, 1.54) is 0 Å². The molecule has 1 amide bonds. The van der Waals surface area contributed by atoms with Crippen LogP contribution in [0.1, 0.15) is 46.6 Å². The van der Waals surface area contributed by atoms with Crippen molar-refractivity contribution in [2.45, 2.75) is 59.4 Å². The Labute approximate surface area is 152 Å². The van der Waals surface area contributed by atoms with E-state index in [4.69, 9.17) is 6.57 Å². The standard InChI is InChI=1S/C18H20F2N4O.CH4/c1-10-6-13-14(7-12(10)21-5)24(17(2,3)4)16(22-13)23-15(25)11-8-18(19,20)9-11;/h6-7,11H,8-9H2,1-4H3,(H,22,23,25);1H4. The molecule has 0 aliphatic heterocycles. The first-order chi connectivity index (χ1) is 11.5. The van der Waals surface area contributed by atoms with Gasteiger partial charge in [0.1, 0.15) is 0 Å². The summed E-state index contributed by atoms with van der Waals surface area (Å²) in [5.74, 6) is -3.55. The Morgan fingerprint density at radius 3 is 2.50 bits per heavy atom. The van der Waals surface area contributed by atoms with Gasteiger partial charge in [-0.15, -0.1) is 0 Å². The van der Waals surface area contributed by atoms with Crippen molar-refractivity contribution in [1.82, 2.24) is 9.55 Å². The molecule has 1 fully saturated rings. The maximum absolute atomic E-state index is 13.0. The summed E-state index contributed by atoms with van der Waals surface area (Å²) in [6.07, 6.45) is -0.842. The van der Waals surface area contributed by atoms with Gasteiger partial charge in [-0.1, -0.05) is 7.43 Å². The number of hydrogen-bond acceptors (Lipinski definition) is 2. The third-order valence-corrected chi connectivity index (χ3v) is 4.46. The number of nitrogens with zero attached hydrogens (tertiary/aromatic N) is 3. The molecule has 3 rings (SSSR count). The molecule has 2 aromatic rings. The van der Waals surface area contributed by atoms with Crippen molar-refractivity contribution in [2.75, 3.05) is 5.32 Å². The number of carbonyl (C=O) groups excluding carboxylic acids is 1. The monoisotopic (exact) mass is 362 g/mol. The van der Waals surface area contributed by atoms with Crippen LogP contribution in [0.2, 0.25) is 0 Å². The number of fused-ring (bicyclic) bond motifs is 1. The lowest BCUT2D eigenvalue weighted by atomic mass is 9.81. The van der Waals surface area contributed by atoms with E-state index in [0.717, 1.165) is 11.1 Å². The molecular weight excluding hydrogens is 338 g/mol. The van der Waals surface area contributed by atoms with Crippen molar-refractivity contribution >= 4 is 28.6 Å². The number of halogens is 2. The summed E-state index contributed by atoms with van der Waals surface area (Å²) in [6, 6.07) is 3.56. The molecule has 0 unspecified atom stereocenters. The minimum absolute atomic E-state index is 0. The number of anilines is 1. The van der Waals surface area contributed by atoms with Gasteiger partial charge in [0.25, 0.3) is 0 Å². The van der Waals surface area contributed by atoms with Crippen LogP contribution in [0.25, 0.3) is 15.9 Å². The van der Waals surface area contributed by atoms with Gasteiger partial charge in [-0.3, -0.25) is 10.1 Å². The Bertz CT molecular complexity index is 895. The lowest BCUT2D eigenvalue weighted by Crippen LogP contribution is -2.43. The van der Waals surface area contributed by atoms with E-state index in [-0.39, 0.29) is 7.43 Å². The summed E-state index contributed by atoms with van der Waals surface area (Å²) in [7, 11) is 0. The van der Waals surface area contributed by atoms with E-state index >= 15 is 0 Å². The highest BCUT2D eigenvalue weighted by Gasteiger charge is 2.49. The van der Waals surface area contributed by atoms with Gasteiger partial charge in [0, 0.05) is 24.3 Å². The maximum Gasteiger partial charge on any atom is 0.249 e. The van der Waals surface area contributed by atoms with Crippen LogP contribution in [0.3, 0.4) is 0 Å². The minimum atomic E-state index is -2.74. The molecular formula is C19H24F2N4O. The van der Waals surface area contributed by atoms with Gasteiger partial charge < -0.3 is 4.57 Å². The molecule has 1 aromatic carbocycles. The number of nitrogens with one attached hydrogen (secondary N) is 1. The number of hydrogen-bond donors (Lipinski definition) is 1. The maximum atomic E-state index is 13.0. The van der Waals surface area contributed by atoms with Crippen molar-refractivity contribution in [2.24, 2.45) is 5.92 Å². The van der Waals surface area contributed by atoms with E-state index in [9.17, 15) is 13.6 Å². The number of amides is 1. The van der Waals surface area contributed by atoms with Crippen LogP contribution >= 0.6 is 0 Å². The van der Waals surface area contributed by atoms with E-state index < -0.39 is 36.1 Å². The predicted octanol–water partition coefficient (Wildman–Crippen LogP) is 5.27. The Balaban J connectivity index is 0.00000243. The molecule has 0 bridgehead atoms. The Morgan fingerprint density at radius 1 is 1.38 bits per heavy atom. The lowest BCUT2D eigenvalue weighted by molar-refractivity contribution is -0.145. The summed E-state index contributed by atoms with van der Waals surface area (Å²) < 4.78 is 27.9. The van der Waals surface area contributed by atoms with Gasteiger partial charge in [-0.05, 0) is 45.4 Å². The SMILES string of the molecule is C.[C-]#[N+]c1cc2c(cc1C)nc(NC(=O)C1CC(F)(F)C1)n2C(C)(C)C. The van der Waals surface area contributed by atoms with E-state index in [0.29, 0.717) is 17.2 Å². The Hall–Kier alpha value is -2.49. The summed E-state index contributed by atoms with van der Waals surface area (Å²) in [6.45, 7) is 15.0. The molecule has 1 aliphatic rings. The Kier molecular flexibility index (Phi) is 4.84. The van der Waals surface area contributed by atoms with E-state index in [1.54, 1.807) is 12.1 Å². The first kappa shape index (κ1) is 19.8. The van der Waals surface area contributed by atoms with Crippen LogP contribution in [-0.2, 0) is 10.3 Å².